The molecule has 0 aliphatic heterocycles. The number of nitrogens with one attached hydrogen (secondary N) is 1. The highest BCUT2D eigenvalue weighted by atomic mass is 79.9. The molecule has 0 radical (unpaired) electrons. The first kappa shape index (κ1) is 12.1. The Morgan fingerprint density at radius 2 is 2.12 bits per heavy atom. The van der Waals surface area contributed by atoms with Gasteiger partial charge in [-0.05, 0) is 35.8 Å². The van der Waals surface area contributed by atoms with Crippen LogP contribution in [0.15, 0.2) is 10.7 Å². The summed E-state index contributed by atoms with van der Waals surface area (Å²) in [5.74, 6) is 0.592. The SMILES string of the molecule is CNC1CCCCCC1c1c(Br)cnn1C. The Kier molecular flexibility index (Phi) is 4.03. The van der Waals surface area contributed by atoms with Crippen LogP contribution in [0, 0.1) is 0 Å². The Labute approximate surface area is 106 Å². The Morgan fingerprint density at radius 1 is 1.38 bits per heavy atom. The van der Waals surface area contributed by atoms with E-state index in [2.05, 4.69) is 33.4 Å². The van der Waals surface area contributed by atoms with Crippen LogP contribution in [0.1, 0.15) is 43.7 Å². The number of nitrogens with zero attached hydrogens (tertiary/aromatic N) is 2. The quantitative estimate of drug-likeness (QED) is 0.847. The molecule has 2 atom stereocenters. The van der Waals surface area contributed by atoms with Gasteiger partial charge in [-0.1, -0.05) is 19.3 Å². The van der Waals surface area contributed by atoms with Crippen molar-refractivity contribution >= 4 is 15.9 Å². The Morgan fingerprint density at radius 3 is 2.75 bits per heavy atom. The normalized spacial score (nSPS) is 26.7. The van der Waals surface area contributed by atoms with Crippen molar-refractivity contribution < 1.29 is 0 Å². The summed E-state index contributed by atoms with van der Waals surface area (Å²) in [4.78, 5) is 0. The van der Waals surface area contributed by atoms with Crippen molar-refractivity contribution in [2.45, 2.75) is 44.1 Å². The molecule has 3 nitrogen and oxygen atoms in total. The van der Waals surface area contributed by atoms with Crippen LogP contribution in [0.5, 0.6) is 0 Å². The molecule has 0 spiro atoms. The van der Waals surface area contributed by atoms with Crippen LogP contribution in [0.4, 0.5) is 0 Å². The maximum absolute atomic E-state index is 4.33. The molecule has 1 heterocycles. The van der Waals surface area contributed by atoms with Crippen LogP contribution < -0.4 is 5.32 Å². The first-order chi connectivity index (χ1) is 7.74. The van der Waals surface area contributed by atoms with Crippen molar-refractivity contribution in [3.05, 3.63) is 16.4 Å². The molecule has 0 saturated heterocycles. The molecule has 1 aliphatic rings. The summed E-state index contributed by atoms with van der Waals surface area (Å²) >= 11 is 3.62. The molecule has 1 aromatic heterocycles. The van der Waals surface area contributed by atoms with Crippen LogP contribution in [0.2, 0.25) is 0 Å². The minimum absolute atomic E-state index is 0.592. The molecule has 0 aromatic carbocycles. The predicted octanol–water partition coefficient (Wildman–Crippen LogP) is 2.82. The summed E-state index contributed by atoms with van der Waals surface area (Å²) in [7, 11) is 4.12. The molecule has 0 amide bonds. The standard InChI is InChI=1S/C12H20BrN3/c1-14-11-7-5-3-4-6-9(11)12-10(13)8-15-16(12)2/h8-9,11,14H,3-7H2,1-2H3. The predicted molar refractivity (Wildman–Crippen MR) is 69.6 cm³/mol. The minimum Gasteiger partial charge on any atom is -0.316 e. The minimum atomic E-state index is 0.592. The third-order valence-corrected chi connectivity index (χ3v) is 4.29. The van der Waals surface area contributed by atoms with E-state index in [9.17, 15) is 0 Å². The summed E-state index contributed by atoms with van der Waals surface area (Å²) in [5.41, 5.74) is 1.35. The fourth-order valence-electron chi connectivity index (χ4n) is 2.82. The zero-order valence-corrected chi connectivity index (χ0v) is 11.6. The summed E-state index contributed by atoms with van der Waals surface area (Å²) < 4.78 is 3.17. The van der Waals surface area contributed by atoms with Crippen molar-refractivity contribution in [3.63, 3.8) is 0 Å². The van der Waals surface area contributed by atoms with Crippen molar-refractivity contribution in [3.8, 4) is 0 Å². The second kappa shape index (κ2) is 5.32. The Bertz CT molecular complexity index is 329. The van der Waals surface area contributed by atoms with E-state index >= 15 is 0 Å². The van der Waals surface area contributed by atoms with Gasteiger partial charge in [0.1, 0.15) is 0 Å². The molecule has 1 aliphatic carbocycles. The van der Waals surface area contributed by atoms with Crippen LogP contribution in [-0.2, 0) is 7.05 Å². The summed E-state index contributed by atoms with van der Waals surface area (Å²) in [6, 6.07) is 0.592. The van der Waals surface area contributed by atoms with E-state index in [0.29, 0.717) is 12.0 Å². The Balaban J connectivity index is 2.28. The van der Waals surface area contributed by atoms with Gasteiger partial charge in [-0.25, -0.2) is 0 Å². The molecule has 16 heavy (non-hydrogen) atoms. The van der Waals surface area contributed by atoms with Gasteiger partial charge < -0.3 is 5.32 Å². The fraction of sp³-hybridized carbons (Fsp3) is 0.750. The van der Waals surface area contributed by atoms with Gasteiger partial charge in [0.25, 0.3) is 0 Å². The molecule has 4 heteroatoms. The van der Waals surface area contributed by atoms with Gasteiger partial charge in [-0.3, -0.25) is 4.68 Å². The molecule has 2 unspecified atom stereocenters. The van der Waals surface area contributed by atoms with E-state index in [1.807, 2.05) is 17.9 Å². The number of aryl methyl sites for hydroxylation is 1. The van der Waals surface area contributed by atoms with Crippen molar-refractivity contribution in [2.24, 2.45) is 7.05 Å². The van der Waals surface area contributed by atoms with Gasteiger partial charge in [0.2, 0.25) is 0 Å². The van der Waals surface area contributed by atoms with Crippen LogP contribution >= 0.6 is 15.9 Å². The van der Waals surface area contributed by atoms with Gasteiger partial charge in [0, 0.05) is 19.0 Å². The van der Waals surface area contributed by atoms with Gasteiger partial charge in [-0.2, -0.15) is 5.10 Å². The van der Waals surface area contributed by atoms with E-state index in [1.54, 1.807) is 0 Å². The molecule has 1 N–H and O–H groups in total. The molecule has 2 rings (SSSR count). The molecule has 0 bridgehead atoms. The first-order valence-corrected chi connectivity index (χ1v) is 6.88. The Hall–Kier alpha value is -0.350. The molecule has 90 valence electrons. The fourth-order valence-corrected chi connectivity index (χ4v) is 3.46. The number of halogens is 1. The summed E-state index contributed by atoms with van der Waals surface area (Å²) in [5, 5.41) is 7.81. The molecule has 1 saturated carbocycles. The lowest BCUT2D eigenvalue weighted by Crippen LogP contribution is -2.32. The smallest absolute Gasteiger partial charge is 0.0635 e. The van der Waals surface area contributed by atoms with E-state index in [4.69, 9.17) is 0 Å². The molecule has 1 fully saturated rings. The van der Waals surface area contributed by atoms with Crippen LogP contribution in [-0.4, -0.2) is 22.9 Å². The average molecular weight is 286 g/mol. The second-order valence-electron chi connectivity index (χ2n) is 4.64. The molecular formula is C12H20BrN3. The van der Waals surface area contributed by atoms with Crippen LogP contribution in [0.3, 0.4) is 0 Å². The highest BCUT2D eigenvalue weighted by molar-refractivity contribution is 9.10. The van der Waals surface area contributed by atoms with Crippen molar-refractivity contribution in [2.75, 3.05) is 7.05 Å². The maximum atomic E-state index is 4.33. The first-order valence-electron chi connectivity index (χ1n) is 6.08. The van der Waals surface area contributed by atoms with Gasteiger partial charge in [-0.15, -0.1) is 0 Å². The van der Waals surface area contributed by atoms with E-state index in [-0.39, 0.29) is 0 Å². The average Bonchev–Trinajstić information content (AvgIpc) is 2.52. The number of hydrogen-bond donors (Lipinski definition) is 1. The number of aromatic nitrogens is 2. The zero-order valence-electron chi connectivity index (χ0n) is 10.0. The van der Waals surface area contributed by atoms with Gasteiger partial charge >= 0.3 is 0 Å². The topological polar surface area (TPSA) is 29.9 Å². The lowest BCUT2D eigenvalue weighted by molar-refractivity contribution is 0.418. The second-order valence-corrected chi connectivity index (χ2v) is 5.50. The third-order valence-electron chi connectivity index (χ3n) is 3.68. The van der Waals surface area contributed by atoms with E-state index in [0.717, 1.165) is 4.47 Å². The number of hydrogen-bond acceptors (Lipinski definition) is 2. The largest absolute Gasteiger partial charge is 0.316 e. The highest BCUT2D eigenvalue weighted by Gasteiger charge is 2.27. The van der Waals surface area contributed by atoms with Gasteiger partial charge in [0.15, 0.2) is 0 Å². The highest BCUT2D eigenvalue weighted by Crippen LogP contribution is 2.35. The van der Waals surface area contributed by atoms with Crippen LogP contribution in [0.25, 0.3) is 0 Å². The van der Waals surface area contributed by atoms with E-state index in [1.165, 1.54) is 37.8 Å². The van der Waals surface area contributed by atoms with Gasteiger partial charge in [0.05, 0.1) is 16.4 Å². The van der Waals surface area contributed by atoms with E-state index < -0.39 is 0 Å². The lowest BCUT2D eigenvalue weighted by Gasteiger charge is -2.25. The number of likely N-dealkylation sites (N-methyl/N-ethyl adjacent to an activating group) is 1. The maximum Gasteiger partial charge on any atom is 0.0635 e. The third kappa shape index (κ3) is 2.33. The number of rotatable bonds is 2. The summed E-state index contributed by atoms with van der Waals surface area (Å²) in [6.45, 7) is 0. The monoisotopic (exact) mass is 285 g/mol. The van der Waals surface area contributed by atoms with Crippen molar-refractivity contribution in [1.82, 2.24) is 15.1 Å². The zero-order chi connectivity index (χ0) is 11.5. The molecule has 1 aromatic rings. The lowest BCUT2D eigenvalue weighted by atomic mass is 9.91. The summed E-state index contributed by atoms with van der Waals surface area (Å²) in [6.07, 6.45) is 8.50. The molecular weight excluding hydrogens is 266 g/mol. The van der Waals surface area contributed by atoms with Crippen molar-refractivity contribution in [1.29, 1.82) is 0 Å².